The fraction of sp³-hybridized carbons (Fsp3) is 0. The molecule has 0 atom stereocenters. The number of aromatic nitrogens is 1. The number of nitrogens with one attached hydrogen (secondary N) is 1. The molecule has 0 amide bonds. The number of carbonyl (C=O) groups excluding carboxylic acids is 1. The fourth-order valence-electron chi connectivity index (χ4n) is 1.88. The third kappa shape index (κ3) is 3.44. The molecule has 0 unspecified atom stereocenters. The van der Waals surface area contributed by atoms with Gasteiger partial charge in [-0.2, -0.15) is 11.3 Å². The van der Waals surface area contributed by atoms with Crippen molar-refractivity contribution < 1.29 is 4.79 Å². The topological polar surface area (TPSA) is 49.9 Å². The van der Waals surface area contributed by atoms with Crippen LogP contribution < -0.4 is 14.8 Å². The maximum absolute atomic E-state index is 12.2. The molecule has 2 heterocycles. The minimum Gasteiger partial charge on any atom is -0.313 e. The monoisotopic (exact) mass is 347 g/mol. The largest absolute Gasteiger partial charge is 0.313 e. The molecule has 0 saturated carbocycles. The number of rotatable bonds is 3. The van der Waals surface area contributed by atoms with Crippen molar-refractivity contribution in [2.75, 3.05) is 0 Å². The second-order valence-electron chi connectivity index (χ2n) is 4.50. The summed E-state index contributed by atoms with van der Waals surface area (Å²) in [6, 6.07) is 8.65. The van der Waals surface area contributed by atoms with E-state index in [1.165, 1.54) is 17.4 Å². The highest BCUT2D eigenvalue weighted by Gasteiger charge is 2.04. The summed E-state index contributed by atoms with van der Waals surface area (Å²) in [5.74, 6) is -0.193. The zero-order chi connectivity index (χ0) is 15.5. The molecular formula is C16H10ClNO2S2. The van der Waals surface area contributed by atoms with Crippen LogP contribution in [0.2, 0.25) is 5.02 Å². The van der Waals surface area contributed by atoms with Crippen molar-refractivity contribution in [1.29, 1.82) is 0 Å². The molecular weight excluding hydrogens is 338 g/mol. The molecule has 0 aliphatic rings. The fourth-order valence-corrected chi connectivity index (χ4v) is 3.57. The maximum atomic E-state index is 12.2. The average molecular weight is 348 g/mol. The van der Waals surface area contributed by atoms with E-state index in [-0.39, 0.29) is 11.3 Å². The predicted octanol–water partition coefficient (Wildman–Crippen LogP) is 2.64. The van der Waals surface area contributed by atoms with E-state index in [1.807, 2.05) is 16.8 Å². The molecule has 0 bridgehead atoms. The molecule has 3 rings (SSSR count). The summed E-state index contributed by atoms with van der Waals surface area (Å²) < 4.78 is 1.10. The Balaban J connectivity index is 1.99. The minimum atomic E-state index is -0.193. The second kappa shape index (κ2) is 6.44. The van der Waals surface area contributed by atoms with Crippen LogP contribution in [0.3, 0.4) is 0 Å². The second-order valence-corrected chi connectivity index (χ2v) is 6.80. The number of thiazole rings is 1. The van der Waals surface area contributed by atoms with Gasteiger partial charge in [0.2, 0.25) is 0 Å². The number of halogens is 1. The van der Waals surface area contributed by atoms with Gasteiger partial charge in [-0.3, -0.25) is 9.59 Å². The molecule has 0 radical (unpaired) electrons. The first-order chi connectivity index (χ1) is 10.6. The highest BCUT2D eigenvalue weighted by atomic mass is 35.5. The normalized spacial score (nSPS) is 12.8. The van der Waals surface area contributed by atoms with Gasteiger partial charge in [-0.1, -0.05) is 23.7 Å². The van der Waals surface area contributed by atoms with Crippen molar-refractivity contribution in [1.82, 2.24) is 4.98 Å². The van der Waals surface area contributed by atoms with E-state index in [0.717, 1.165) is 5.56 Å². The third-order valence-electron chi connectivity index (χ3n) is 2.89. The lowest BCUT2D eigenvalue weighted by Gasteiger charge is -1.94. The van der Waals surface area contributed by atoms with Gasteiger partial charge in [0, 0.05) is 16.7 Å². The number of benzene rings is 1. The Morgan fingerprint density at radius 1 is 1.27 bits per heavy atom. The van der Waals surface area contributed by atoms with Gasteiger partial charge in [0.15, 0.2) is 5.78 Å². The third-order valence-corrected chi connectivity index (χ3v) is 4.79. The van der Waals surface area contributed by atoms with Crippen LogP contribution in [0.25, 0.3) is 12.2 Å². The molecule has 3 nitrogen and oxygen atoms in total. The van der Waals surface area contributed by atoms with Crippen LogP contribution in [0, 0.1) is 0 Å². The van der Waals surface area contributed by atoms with Crippen molar-refractivity contribution in [3.8, 4) is 0 Å². The molecule has 2 aromatic heterocycles. The van der Waals surface area contributed by atoms with E-state index in [1.54, 1.807) is 41.7 Å². The Morgan fingerprint density at radius 2 is 2.14 bits per heavy atom. The molecule has 1 aromatic carbocycles. The molecule has 1 N–H and O–H groups in total. The van der Waals surface area contributed by atoms with Gasteiger partial charge in [-0.15, -0.1) is 11.3 Å². The number of Topliss-reactive ketones (excluding diaryl/α,β-unsaturated/α-hetero) is 1. The number of thiophene rings is 1. The number of aromatic amines is 1. The molecule has 6 heteroatoms. The minimum absolute atomic E-state index is 0.193. The molecule has 22 heavy (non-hydrogen) atoms. The van der Waals surface area contributed by atoms with E-state index >= 15 is 0 Å². The van der Waals surface area contributed by atoms with Crippen LogP contribution in [-0.4, -0.2) is 10.8 Å². The first-order valence-electron chi connectivity index (χ1n) is 6.36. The molecule has 0 fully saturated rings. The van der Waals surface area contributed by atoms with E-state index in [9.17, 15) is 9.59 Å². The van der Waals surface area contributed by atoms with Gasteiger partial charge in [0.25, 0.3) is 5.56 Å². The highest BCUT2D eigenvalue weighted by Crippen LogP contribution is 2.11. The number of hydrogen-bond acceptors (Lipinski definition) is 4. The Labute approximate surface area is 138 Å². The van der Waals surface area contributed by atoms with Crippen LogP contribution in [0.15, 0.2) is 45.9 Å². The zero-order valence-corrected chi connectivity index (χ0v) is 13.6. The van der Waals surface area contributed by atoms with Crippen LogP contribution in [-0.2, 0) is 0 Å². The Bertz CT molecular complexity index is 984. The zero-order valence-electron chi connectivity index (χ0n) is 11.2. The first kappa shape index (κ1) is 15.0. The molecule has 0 aliphatic heterocycles. The summed E-state index contributed by atoms with van der Waals surface area (Å²) in [6.07, 6.45) is 3.23. The van der Waals surface area contributed by atoms with E-state index in [4.69, 9.17) is 11.6 Å². The van der Waals surface area contributed by atoms with E-state index in [2.05, 4.69) is 4.98 Å². The maximum Gasteiger partial charge on any atom is 0.266 e. The van der Waals surface area contributed by atoms with E-state index in [0.29, 0.717) is 19.8 Å². The summed E-state index contributed by atoms with van der Waals surface area (Å²) in [4.78, 5) is 26.8. The van der Waals surface area contributed by atoms with Gasteiger partial charge in [-0.05, 0) is 40.6 Å². The summed E-state index contributed by atoms with van der Waals surface area (Å²) in [5.41, 5.74) is 1.27. The Kier molecular flexibility index (Phi) is 4.38. The van der Waals surface area contributed by atoms with Crippen LogP contribution in [0.4, 0.5) is 0 Å². The molecule has 3 aromatic rings. The Hall–Kier alpha value is -1.95. The van der Waals surface area contributed by atoms with Gasteiger partial charge in [-0.25, -0.2) is 0 Å². The number of hydrogen-bond donors (Lipinski definition) is 1. The predicted molar refractivity (Wildman–Crippen MR) is 92.3 cm³/mol. The molecule has 0 saturated heterocycles. The highest BCUT2D eigenvalue weighted by molar-refractivity contribution is 7.08. The van der Waals surface area contributed by atoms with Crippen molar-refractivity contribution in [2.45, 2.75) is 0 Å². The molecule has 0 spiro atoms. The van der Waals surface area contributed by atoms with Crippen molar-refractivity contribution in [3.05, 3.63) is 76.8 Å². The lowest BCUT2D eigenvalue weighted by Crippen LogP contribution is -2.19. The van der Waals surface area contributed by atoms with Crippen LogP contribution >= 0.6 is 34.3 Å². The summed E-state index contributed by atoms with van der Waals surface area (Å²) >= 11 is 8.70. The first-order valence-corrected chi connectivity index (χ1v) is 8.50. The SMILES string of the molecule is O=C(/C=c1/[nH]c(=O)/c(=C/c2ccsc2)s1)c1cccc(Cl)c1. The average Bonchev–Trinajstić information content (AvgIpc) is 3.10. The van der Waals surface area contributed by atoms with Crippen molar-refractivity contribution in [2.24, 2.45) is 0 Å². The van der Waals surface area contributed by atoms with Crippen molar-refractivity contribution in [3.63, 3.8) is 0 Å². The standard InChI is InChI=1S/C16H10ClNO2S2/c17-12-3-1-2-11(7-12)13(19)8-15-18-16(20)14(22-15)6-10-4-5-21-9-10/h1-9H,(H,18,20)/b14-6-,15-8-. The smallest absolute Gasteiger partial charge is 0.266 e. The van der Waals surface area contributed by atoms with Crippen molar-refractivity contribution >= 4 is 52.2 Å². The lowest BCUT2D eigenvalue weighted by atomic mass is 10.1. The van der Waals surface area contributed by atoms with Gasteiger partial charge in [0.05, 0.1) is 9.20 Å². The van der Waals surface area contributed by atoms with Gasteiger partial charge in [0.1, 0.15) is 0 Å². The quantitative estimate of drug-likeness (QED) is 0.740. The number of H-pyrrole nitrogens is 1. The van der Waals surface area contributed by atoms with Gasteiger partial charge >= 0.3 is 0 Å². The lowest BCUT2D eigenvalue weighted by molar-refractivity contribution is 0.106. The number of ketones is 1. The Morgan fingerprint density at radius 3 is 2.86 bits per heavy atom. The van der Waals surface area contributed by atoms with Crippen LogP contribution in [0.1, 0.15) is 15.9 Å². The summed E-state index contributed by atoms with van der Waals surface area (Å²) in [7, 11) is 0. The van der Waals surface area contributed by atoms with Gasteiger partial charge < -0.3 is 4.98 Å². The van der Waals surface area contributed by atoms with E-state index < -0.39 is 0 Å². The summed E-state index contributed by atoms with van der Waals surface area (Å²) in [5, 5.41) is 4.41. The van der Waals surface area contributed by atoms with Crippen LogP contribution in [0.5, 0.6) is 0 Å². The number of carbonyl (C=O) groups is 1. The summed E-state index contributed by atoms with van der Waals surface area (Å²) in [6.45, 7) is 0. The molecule has 110 valence electrons. The molecule has 0 aliphatic carbocycles.